The Morgan fingerprint density at radius 1 is 1.22 bits per heavy atom. The van der Waals surface area contributed by atoms with Gasteiger partial charge in [0.2, 0.25) is 11.8 Å². The molecular formula is C23H27F2N3O4. The van der Waals surface area contributed by atoms with Crippen LogP contribution in [-0.2, 0) is 15.0 Å². The average Bonchev–Trinajstić information content (AvgIpc) is 2.68. The highest BCUT2D eigenvalue weighted by molar-refractivity contribution is 6.01. The molecule has 0 radical (unpaired) electrons. The Bertz CT molecular complexity index is 991. The van der Waals surface area contributed by atoms with Crippen molar-refractivity contribution >= 4 is 17.6 Å². The van der Waals surface area contributed by atoms with Crippen LogP contribution in [0.1, 0.15) is 43.0 Å². The highest BCUT2D eigenvalue weighted by Crippen LogP contribution is 2.40. The number of benzene rings is 1. The van der Waals surface area contributed by atoms with Crippen molar-refractivity contribution in [3.63, 3.8) is 0 Å². The van der Waals surface area contributed by atoms with E-state index >= 15 is 0 Å². The van der Waals surface area contributed by atoms with Crippen LogP contribution in [0.5, 0.6) is 5.88 Å². The number of alkyl halides is 2. The number of nitrogens with zero attached hydrogens (tertiary/aromatic N) is 2. The van der Waals surface area contributed by atoms with Gasteiger partial charge in [-0.1, -0.05) is 38.1 Å². The van der Waals surface area contributed by atoms with Crippen LogP contribution < -0.4 is 10.1 Å². The number of hydrogen-bond acceptors (Lipinski definition) is 5. The third-order valence-electron chi connectivity index (χ3n) is 5.61. The van der Waals surface area contributed by atoms with Crippen molar-refractivity contribution in [2.45, 2.75) is 45.1 Å². The number of carboxylic acid groups (broad SMARTS) is 1. The van der Waals surface area contributed by atoms with Gasteiger partial charge in [0, 0.05) is 25.3 Å². The Hall–Kier alpha value is -3.07. The Labute approximate surface area is 185 Å². The number of carbonyl (C=O) groups excluding carboxylic acids is 1. The molecule has 2 aromatic rings. The molecule has 0 spiro atoms. The molecule has 1 aliphatic rings. The second kappa shape index (κ2) is 9.60. The maximum atomic E-state index is 13.6. The first-order valence-corrected chi connectivity index (χ1v) is 10.4. The van der Waals surface area contributed by atoms with Crippen LogP contribution in [0.3, 0.4) is 0 Å². The average molecular weight is 447 g/mol. The highest BCUT2D eigenvalue weighted by atomic mass is 19.3. The lowest BCUT2D eigenvalue weighted by molar-refractivity contribution is -0.138. The molecule has 3 rings (SSSR count). The van der Waals surface area contributed by atoms with Gasteiger partial charge in [0.15, 0.2) is 0 Å². The molecule has 32 heavy (non-hydrogen) atoms. The molecule has 2 heterocycles. The lowest BCUT2D eigenvalue weighted by Gasteiger charge is -2.50. The van der Waals surface area contributed by atoms with Gasteiger partial charge in [-0.05, 0) is 36.1 Å². The van der Waals surface area contributed by atoms with Gasteiger partial charge in [-0.3, -0.25) is 14.5 Å². The molecule has 7 nitrogen and oxygen atoms in total. The van der Waals surface area contributed by atoms with E-state index in [0.29, 0.717) is 25.3 Å². The normalized spacial score (nSPS) is 15.5. The van der Waals surface area contributed by atoms with Gasteiger partial charge >= 0.3 is 12.6 Å². The van der Waals surface area contributed by atoms with Crippen LogP contribution in [0.15, 0.2) is 36.4 Å². The van der Waals surface area contributed by atoms with Crippen molar-refractivity contribution in [1.82, 2.24) is 9.88 Å². The summed E-state index contributed by atoms with van der Waals surface area (Å²) in [6.45, 7) is 3.58. The molecule has 1 fully saturated rings. The minimum absolute atomic E-state index is 0.0300. The maximum absolute atomic E-state index is 13.6. The van der Waals surface area contributed by atoms with Crippen LogP contribution in [0.4, 0.5) is 14.5 Å². The number of aliphatic carboxylic acids is 1. The summed E-state index contributed by atoms with van der Waals surface area (Å²) < 4.78 is 30.2. The summed E-state index contributed by atoms with van der Waals surface area (Å²) in [5.41, 5.74) is 1.43. The third kappa shape index (κ3) is 5.04. The second-order valence-electron chi connectivity index (χ2n) is 8.32. The largest absolute Gasteiger partial charge is 0.481 e. The van der Waals surface area contributed by atoms with Gasteiger partial charge in [0.25, 0.3) is 0 Å². The molecule has 0 unspecified atom stereocenters. The Morgan fingerprint density at radius 3 is 2.53 bits per heavy atom. The predicted molar refractivity (Wildman–Crippen MR) is 115 cm³/mol. The number of likely N-dealkylation sites (tertiary alicyclic amines) is 1. The molecule has 1 amide bonds. The molecule has 1 aromatic carbocycles. The number of rotatable bonds is 9. The number of pyridine rings is 1. The zero-order valence-electron chi connectivity index (χ0n) is 18.3. The third-order valence-corrected chi connectivity index (χ3v) is 5.61. The summed E-state index contributed by atoms with van der Waals surface area (Å²) in [6.07, 6.45) is -0.0300. The maximum Gasteiger partial charge on any atom is 0.388 e. The number of aromatic nitrogens is 1. The van der Waals surface area contributed by atoms with E-state index < -0.39 is 18.0 Å². The van der Waals surface area contributed by atoms with Crippen molar-refractivity contribution < 1.29 is 28.2 Å². The quantitative estimate of drug-likeness (QED) is 0.608. The first-order chi connectivity index (χ1) is 15.1. The SMILES string of the molecule is Cc1ccc(NC(=O)C2(c3ccccc3C(C)C)CN(CCC(=O)O)C2)c(OC(F)F)n1. The zero-order chi connectivity index (χ0) is 23.5. The van der Waals surface area contributed by atoms with E-state index in [9.17, 15) is 18.4 Å². The predicted octanol–water partition coefficient (Wildman–Crippen LogP) is 3.78. The highest BCUT2D eigenvalue weighted by Gasteiger charge is 2.51. The topological polar surface area (TPSA) is 91.8 Å². The number of anilines is 1. The molecule has 1 aromatic heterocycles. The van der Waals surface area contributed by atoms with Gasteiger partial charge in [0.05, 0.1) is 11.8 Å². The smallest absolute Gasteiger partial charge is 0.388 e. The van der Waals surface area contributed by atoms with Crippen molar-refractivity contribution in [2.75, 3.05) is 25.0 Å². The fraction of sp³-hybridized carbons (Fsp3) is 0.435. The van der Waals surface area contributed by atoms with Crippen molar-refractivity contribution in [1.29, 1.82) is 0 Å². The molecule has 0 atom stereocenters. The monoisotopic (exact) mass is 447 g/mol. The van der Waals surface area contributed by atoms with Crippen LogP contribution in [-0.4, -0.2) is 53.1 Å². The molecule has 1 saturated heterocycles. The number of nitrogens with one attached hydrogen (secondary N) is 1. The molecule has 2 N–H and O–H groups in total. The van der Waals surface area contributed by atoms with Gasteiger partial charge in [0.1, 0.15) is 5.69 Å². The minimum atomic E-state index is -3.08. The van der Waals surface area contributed by atoms with E-state index in [4.69, 9.17) is 5.11 Å². The minimum Gasteiger partial charge on any atom is -0.481 e. The summed E-state index contributed by atoms with van der Waals surface area (Å²) in [5, 5.41) is 11.7. The van der Waals surface area contributed by atoms with E-state index in [0.717, 1.165) is 11.1 Å². The Kier molecular flexibility index (Phi) is 7.08. The zero-order valence-corrected chi connectivity index (χ0v) is 18.3. The number of amides is 1. The summed E-state index contributed by atoms with van der Waals surface area (Å²) >= 11 is 0. The molecule has 172 valence electrons. The van der Waals surface area contributed by atoms with E-state index in [1.165, 1.54) is 6.07 Å². The molecule has 1 aliphatic heterocycles. The molecule has 0 aliphatic carbocycles. The van der Waals surface area contributed by atoms with E-state index in [-0.39, 0.29) is 29.8 Å². The summed E-state index contributed by atoms with van der Waals surface area (Å²) in [7, 11) is 0. The standard InChI is InChI=1S/C23H27F2N3O4/c1-14(2)16-6-4-5-7-17(16)23(12-28(13-23)11-10-19(29)30)21(31)27-18-9-8-15(3)26-20(18)32-22(24)25/h4-9,14,22H,10-13H2,1-3H3,(H,27,31)(H,29,30). The number of carboxylic acids is 1. The number of halogens is 2. The van der Waals surface area contributed by atoms with Gasteiger partial charge < -0.3 is 15.2 Å². The lowest BCUT2D eigenvalue weighted by Crippen LogP contribution is -2.65. The fourth-order valence-corrected chi connectivity index (χ4v) is 4.05. The lowest BCUT2D eigenvalue weighted by atomic mass is 9.69. The van der Waals surface area contributed by atoms with Gasteiger partial charge in [-0.25, -0.2) is 4.98 Å². The van der Waals surface area contributed by atoms with E-state index in [2.05, 4.69) is 15.0 Å². The van der Waals surface area contributed by atoms with E-state index in [1.54, 1.807) is 13.0 Å². The molecule has 0 saturated carbocycles. The van der Waals surface area contributed by atoms with Gasteiger partial charge in [-0.2, -0.15) is 8.78 Å². The Morgan fingerprint density at radius 2 is 1.91 bits per heavy atom. The second-order valence-corrected chi connectivity index (χ2v) is 8.32. The number of carbonyl (C=O) groups is 2. The summed E-state index contributed by atoms with van der Waals surface area (Å²) in [6, 6.07) is 10.7. The summed E-state index contributed by atoms with van der Waals surface area (Å²) in [4.78, 5) is 30.4. The van der Waals surface area contributed by atoms with Crippen molar-refractivity contribution in [2.24, 2.45) is 0 Å². The van der Waals surface area contributed by atoms with Crippen molar-refractivity contribution in [3.8, 4) is 5.88 Å². The number of aryl methyl sites for hydroxylation is 1. The number of hydrogen-bond donors (Lipinski definition) is 2. The van der Waals surface area contributed by atoms with Crippen LogP contribution in [0.25, 0.3) is 0 Å². The first-order valence-electron chi connectivity index (χ1n) is 10.4. The first kappa shape index (κ1) is 23.6. The van der Waals surface area contributed by atoms with Gasteiger partial charge in [-0.15, -0.1) is 0 Å². The molecule has 0 bridgehead atoms. The van der Waals surface area contributed by atoms with Crippen LogP contribution in [0, 0.1) is 6.92 Å². The van der Waals surface area contributed by atoms with Crippen LogP contribution in [0.2, 0.25) is 0 Å². The molecular weight excluding hydrogens is 420 g/mol. The Balaban J connectivity index is 1.94. The van der Waals surface area contributed by atoms with Crippen molar-refractivity contribution in [3.05, 3.63) is 53.2 Å². The number of ether oxygens (including phenoxy) is 1. The summed E-state index contributed by atoms with van der Waals surface area (Å²) in [5.74, 6) is -1.47. The molecule has 9 heteroatoms. The van der Waals surface area contributed by atoms with Crippen LogP contribution >= 0.6 is 0 Å². The van der Waals surface area contributed by atoms with E-state index in [1.807, 2.05) is 43.0 Å². The fourth-order valence-electron chi connectivity index (χ4n) is 4.05.